The van der Waals surface area contributed by atoms with Gasteiger partial charge in [-0.2, -0.15) is 18.4 Å². The molecule has 0 spiro atoms. The fraction of sp³-hybridized carbons (Fsp3) is 0.0769. The monoisotopic (exact) mass is 288 g/mol. The van der Waals surface area contributed by atoms with Crippen molar-refractivity contribution in [1.82, 2.24) is 9.71 Å². The second-order valence-electron chi connectivity index (χ2n) is 3.96. The molecule has 1 heterocycles. The lowest BCUT2D eigenvalue weighted by Gasteiger charge is -2.09. The van der Waals surface area contributed by atoms with Crippen LogP contribution in [0.15, 0.2) is 48.7 Å². The van der Waals surface area contributed by atoms with Gasteiger partial charge in [-0.3, -0.25) is 4.72 Å². The average molecular weight is 288 g/mol. The van der Waals surface area contributed by atoms with Crippen LogP contribution < -0.4 is 9.44 Å². The second-order valence-corrected chi connectivity index (χ2v) is 5.46. The van der Waals surface area contributed by atoms with E-state index in [1.165, 1.54) is 18.3 Å². The molecule has 0 radical (unpaired) electrons. The fourth-order valence-corrected chi connectivity index (χ4v) is 2.35. The molecule has 102 valence electrons. The van der Waals surface area contributed by atoms with Crippen LogP contribution >= 0.6 is 0 Å². The summed E-state index contributed by atoms with van der Waals surface area (Å²) in [7, 11) is -3.68. The molecular formula is C13H12N4O2S. The van der Waals surface area contributed by atoms with Crippen molar-refractivity contribution in [3.8, 4) is 6.07 Å². The molecule has 0 amide bonds. The maximum absolute atomic E-state index is 11.8. The van der Waals surface area contributed by atoms with Crippen molar-refractivity contribution >= 4 is 15.9 Å². The Kier molecular flexibility index (Phi) is 4.30. The van der Waals surface area contributed by atoms with Crippen molar-refractivity contribution in [2.45, 2.75) is 6.54 Å². The van der Waals surface area contributed by atoms with Gasteiger partial charge < -0.3 is 0 Å². The summed E-state index contributed by atoms with van der Waals surface area (Å²) in [6, 6.07) is 14.0. The molecule has 0 saturated heterocycles. The first kappa shape index (κ1) is 14.0. The minimum absolute atomic E-state index is 0.194. The van der Waals surface area contributed by atoms with E-state index in [0.29, 0.717) is 5.69 Å². The van der Waals surface area contributed by atoms with Crippen molar-refractivity contribution in [2.24, 2.45) is 0 Å². The number of anilines is 1. The Balaban J connectivity index is 1.98. The van der Waals surface area contributed by atoms with E-state index in [4.69, 9.17) is 5.26 Å². The molecule has 0 aliphatic heterocycles. The fourth-order valence-electron chi connectivity index (χ4n) is 1.49. The van der Waals surface area contributed by atoms with E-state index in [9.17, 15) is 8.42 Å². The number of hydrogen-bond donors (Lipinski definition) is 2. The molecule has 0 bridgehead atoms. The number of nitrogens with zero attached hydrogens (tertiary/aromatic N) is 2. The molecule has 0 atom stereocenters. The SMILES string of the molecule is N#Cc1ccc(NS(=O)(=O)NCc2ccccc2)cn1. The predicted octanol–water partition coefficient (Wildman–Crippen LogP) is 1.40. The molecule has 2 aromatic rings. The summed E-state index contributed by atoms with van der Waals surface area (Å²) in [5, 5.41) is 8.61. The zero-order valence-corrected chi connectivity index (χ0v) is 11.3. The van der Waals surface area contributed by atoms with E-state index >= 15 is 0 Å². The van der Waals surface area contributed by atoms with E-state index in [1.54, 1.807) is 0 Å². The molecule has 0 fully saturated rings. The van der Waals surface area contributed by atoms with Crippen LogP contribution in [0.1, 0.15) is 11.3 Å². The van der Waals surface area contributed by atoms with Crippen LogP contribution in [-0.4, -0.2) is 13.4 Å². The molecule has 0 aliphatic rings. The van der Waals surface area contributed by atoms with Gasteiger partial charge in [0.05, 0.1) is 11.9 Å². The van der Waals surface area contributed by atoms with Crippen LogP contribution in [0.5, 0.6) is 0 Å². The number of aromatic nitrogens is 1. The Morgan fingerprint density at radius 3 is 2.50 bits per heavy atom. The van der Waals surface area contributed by atoms with Crippen LogP contribution in [0, 0.1) is 11.3 Å². The first-order valence-electron chi connectivity index (χ1n) is 5.76. The topological polar surface area (TPSA) is 94.9 Å². The third kappa shape index (κ3) is 4.05. The Morgan fingerprint density at radius 1 is 1.15 bits per heavy atom. The van der Waals surface area contributed by atoms with Gasteiger partial charge in [0.25, 0.3) is 10.2 Å². The summed E-state index contributed by atoms with van der Waals surface area (Å²) in [6.07, 6.45) is 1.29. The molecule has 0 unspecified atom stereocenters. The zero-order chi connectivity index (χ0) is 14.4. The number of pyridine rings is 1. The molecule has 20 heavy (non-hydrogen) atoms. The number of nitrogens with one attached hydrogen (secondary N) is 2. The van der Waals surface area contributed by atoms with Gasteiger partial charge in [0, 0.05) is 6.54 Å². The third-order valence-electron chi connectivity index (χ3n) is 2.44. The molecule has 7 heteroatoms. The Morgan fingerprint density at radius 2 is 1.90 bits per heavy atom. The van der Waals surface area contributed by atoms with Gasteiger partial charge in [-0.25, -0.2) is 4.98 Å². The quantitative estimate of drug-likeness (QED) is 0.869. The molecule has 0 aliphatic carbocycles. The lowest BCUT2D eigenvalue weighted by atomic mass is 10.2. The summed E-state index contributed by atoms with van der Waals surface area (Å²) >= 11 is 0. The predicted molar refractivity (Wildman–Crippen MR) is 74.8 cm³/mol. The number of rotatable bonds is 5. The zero-order valence-electron chi connectivity index (χ0n) is 10.4. The van der Waals surface area contributed by atoms with Gasteiger partial charge in [0.2, 0.25) is 0 Å². The molecule has 1 aromatic heterocycles. The van der Waals surface area contributed by atoms with Crippen LogP contribution in [0.2, 0.25) is 0 Å². The standard InChI is InChI=1S/C13H12N4O2S/c14-8-12-6-7-13(10-15-12)17-20(18,19)16-9-11-4-2-1-3-5-11/h1-7,10,16-17H,9H2. The van der Waals surface area contributed by atoms with Crippen LogP contribution in [0.25, 0.3) is 0 Å². The summed E-state index contributed by atoms with van der Waals surface area (Å²) in [6.45, 7) is 0.194. The van der Waals surface area contributed by atoms with E-state index in [1.807, 2.05) is 36.4 Å². The van der Waals surface area contributed by atoms with Gasteiger partial charge in [-0.1, -0.05) is 30.3 Å². The molecule has 2 rings (SSSR count). The van der Waals surface area contributed by atoms with E-state index in [0.717, 1.165) is 5.56 Å². The van der Waals surface area contributed by atoms with Gasteiger partial charge in [0.1, 0.15) is 11.8 Å². The maximum atomic E-state index is 11.8. The van der Waals surface area contributed by atoms with Crippen molar-refractivity contribution in [2.75, 3.05) is 4.72 Å². The number of nitriles is 1. The average Bonchev–Trinajstić information content (AvgIpc) is 2.47. The van der Waals surface area contributed by atoms with Gasteiger partial charge >= 0.3 is 0 Å². The summed E-state index contributed by atoms with van der Waals surface area (Å²) in [5.41, 5.74) is 1.38. The Hall–Kier alpha value is -2.43. The van der Waals surface area contributed by atoms with E-state index < -0.39 is 10.2 Å². The first-order chi connectivity index (χ1) is 9.59. The second kappa shape index (κ2) is 6.14. The molecule has 6 nitrogen and oxygen atoms in total. The van der Waals surface area contributed by atoms with Crippen LogP contribution in [-0.2, 0) is 16.8 Å². The van der Waals surface area contributed by atoms with Gasteiger partial charge in [-0.05, 0) is 17.7 Å². The minimum atomic E-state index is -3.68. The highest BCUT2D eigenvalue weighted by Crippen LogP contribution is 2.07. The lowest BCUT2D eigenvalue weighted by molar-refractivity contribution is 0.587. The first-order valence-corrected chi connectivity index (χ1v) is 7.25. The van der Waals surface area contributed by atoms with Gasteiger partial charge in [0.15, 0.2) is 0 Å². The molecule has 0 saturated carbocycles. The third-order valence-corrected chi connectivity index (χ3v) is 3.47. The van der Waals surface area contributed by atoms with Crippen molar-refractivity contribution in [3.05, 3.63) is 59.9 Å². The summed E-state index contributed by atoms with van der Waals surface area (Å²) in [5.74, 6) is 0. The largest absolute Gasteiger partial charge is 0.299 e. The Bertz CT molecular complexity index is 706. The van der Waals surface area contributed by atoms with E-state index in [-0.39, 0.29) is 12.2 Å². The van der Waals surface area contributed by atoms with Crippen molar-refractivity contribution < 1.29 is 8.42 Å². The smallest absolute Gasteiger partial charge is 0.270 e. The minimum Gasteiger partial charge on any atom is -0.270 e. The molecular weight excluding hydrogens is 276 g/mol. The Labute approximate surface area is 117 Å². The highest BCUT2D eigenvalue weighted by Gasteiger charge is 2.09. The number of benzene rings is 1. The lowest BCUT2D eigenvalue weighted by Crippen LogP contribution is -2.29. The number of hydrogen-bond acceptors (Lipinski definition) is 4. The maximum Gasteiger partial charge on any atom is 0.299 e. The summed E-state index contributed by atoms with van der Waals surface area (Å²) in [4.78, 5) is 3.78. The normalized spacial score (nSPS) is 10.8. The molecule has 2 N–H and O–H groups in total. The van der Waals surface area contributed by atoms with Crippen LogP contribution in [0.4, 0.5) is 5.69 Å². The molecule has 1 aromatic carbocycles. The van der Waals surface area contributed by atoms with Crippen LogP contribution in [0.3, 0.4) is 0 Å². The highest BCUT2D eigenvalue weighted by atomic mass is 32.2. The van der Waals surface area contributed by atoms with E-state index in [2.05, 4.69) is 14.4 Å². The van der Waals surface area contributed by atoms with Gasteiger partial charge in [-0.15, -0.1) is 0 Å². The van der Waals surface area contributed by atoms with Crippen molar-refractivity contribution in [1.29, 1.82) is 5.26 Å². The summed E-state index contributed by atoms with van der Waals surface area (Å²) < 4.78 is 28.4. The highest BCUT2D eigenvalue weighted by molar-refractivity contribution is 7.90. The van der Waals surface area contributed by atoms with Crippen molar-refractivity contribution in [3.63, 3.8) is 0 Å².